The predicted octanol–water partition coefficient (Wildman–Crippen LogP) is 2.16. The summed E-state index contributed by atoms with van der Waals surface area (Å²) in [7, 11) is 0. The predicted molar refractivity (Wildman–Crippen MR) is 60.6 cm³/mol. The second kappa shape index (κ2) is 6.23. The number of hydrogen-bond donors (Lipinski definition) is 0. The van der Waals surface area contributed by atoms with E-state index < -0.39 is 24.6 Å². The van der Waals surface area contributed by atoms with E-state index in [-0.39, 0.29) is 11.3 Å². The highest BCUT2D eigenvalue weighted by Gasteiger charge is 2.26. The molecule has 1 aromatic carbocycles. The van der Waals surface area contributed by atoms with Gasteiger partial charge in [-0.1, -0.05) is 6.07 Å². The summed E-state index contributed by atoms with van der Waals surface area (Å²) >= 11 is 0. The first-order chi connectivity index (χ1) is 9.61. The summed E-state index contributed by atoms with van der Waals surface area (Å²) in [6.07, 6.45) is 1.06. The fourth-order valence-corrected chi connectivity index (χ4v) is 1.53. The molecular formula is C12H9F2NO5. The van der Waals surface area contributed by atoms with E-state index in [2.05, 4.69) is 9.73 Å². The standard InChI is InChI=1S/C12H9F2NO5/c13-12(14)19-8-3-1-2-7(10(8)15-6-16)11(17)20-9-4-5-18-9/h1-3,9,12H,4-5H2. The number of benzene rings is 1. The maximum atomic E-state index is 12.2. The zero-order valence-electron chi connectivity index (χ0n) is 10.0. The summed E-state index contributed by atoms with van der Waals surface area (Å²) in [5.41, 5.74) is -0.533. The van der Waals surface area contributed by atoms with Crippen LogP contribution in [-0.2, 0) is 14.3 Å². The first-order valence-electron chi connectivity index (χ1n) is 5.60. The fourth-order valence-electron chi connectivity index (χ4n) is 1.53. The Kier molecular flexibility index (Phi) is 4.39. The average Bonchev–Trinajstić information content (AvgIpc) is 2.35. The Bertz CT molecular complexity index is 553. The van der Waals surface area contributed by atoms with E-state index in [0.29, 0.717) is 13.0 Å². The van der Waals surface area contributed by atoms with Crippen molar-refractivity contribution in [2.75, 3.05) is 6.61 Å². The van der Waals surface area contributed by atoms with Crippen molar-refractivity contribution in [1.29, 1.82) is 0 Å². The number of aliphatic imine (C=N–C) groups is 1. The molecule has 0 aromatic heterocycles. The molecule has 1 unspecified atom stereocenters. The molecule has 0 radical (unpaired) electrons. The van der Waals surface area contributed by atoms with Gasteiger partial charge in [0.1, 0.15) is 5.69 Å². The van der Waals surface area contributed by atoms with Crippen molar-refractivity contribution in [2.24, 2.45) is 4.99 Å². The number of alkyl halides is 2. The van der Waals surface area contributed by atoms with Crippen LogP contribution in [0.3, 0.4) is 0 Å². The number of isocyanates is 1. The van der Waals surface area contributed by atoms with E-state index >= 15 is 0 Å². The Morgan fingerprint density at radius 3 is 2.80 bits per heavy atom. The summed E-state index contributed by atoms with van der Waals surface area (Å²) in [5, 5.41) is 0. The molecule has 1 aromatic rings. The number of nitrogens with zero attached hydrogens (tertiary/aromatic N) is 1. The van der Waals surface area contributed by atoms with Gasteiger partial charge in [-0.05, 0) is 12.1 Å². The first-order valence-corrected chi connectivity index (χ1v) is 5.60. The molecule has 1 aliphatic rings. The van der Waals surface area contributed by atoms with Gasteiger partial charge in [-0.25, -0.2) is 9.59 Å². The second-order valence-electron chi connectivity index (χ2n) is 3.73. The monoisotopic (exact) mass is 285 g/mol. The highest BCUT2D eigenvalue weighted by atomic mass is 19.3. The molecule has 1 fully saturated rings. The lowest BCUT2D eigenvalue weighted by atomic mass is 10.1. The molecule has 6 nitrogen and oxygen atoms in total. The van der Waals surface area contributed by atoms with Crippen LogP contribution in [0.2, 0.25) is 0 Å². The van der Waals surface area contributed by atoms with E-state index in [1.54, 1.807) is 0 Å². The quantitative estimate of drug-likeness (QED) is 0.471. The van der Waals surface area contributed by atoms with E-state index in [1.807, 2.05) is 0 Å². The maximum Gasteiger partial charge on any atom is 0.387 e. The lowest BCUT2D eigenvalue weighted by Crippen LogP contribution is -2.31. The van der Waals surface area contributed by atoms with Crippen LogP contribution in [-0.4, -0.2) is 31.6 Å². The highest BCUT2D eigenvalue weighted by molar-refractivity contribution is 5.96. The maximum absolute atomic E-state index is 12.2. The Morgan fingerprint density at radius 2 is 2.25 bits per heavy atom. The van der Waals surface area contributed by atoms with Crippen LogP contribution in [0, 0.1) is 0 Å². The highest BCUT2D eigenvalue weighted by Crippen LogP contribution is 2.33. The molecule has 1 saturated heterocycles. The molecule has 106 valence electrons. The molecular weight excluding hydrogens is 276 g/mol. The number of rotatable bonds is 5. The van der Waals surface area contributed by atoms with E-state index in [1.165, 1.54) is 18.2 Å². The molecule has 1 aliphatic heterocycles. The van der Waals surface area contributed by atoms with Crippen molar-refractivity contribution >= 4 is 17.7 Å². The van der Waals surface area contributed by atoms with Gasteiger partial charge in [0.2, 0.25) is 12.4 Å². The molecule has 1 atom stereocenters. The van der Waals surface area contributed by atoms with Crippen LogP contribution < -0.4 is 4.74 Å². The molecule has 20 heavy (non-hydrogen) atoms. The third-order valence-corrected chi connectivity index (χ3v) is 2.49. The van der Waals surface area contributed by atoms with Gasteiger partial charge >= 0.3 is 12.6 Å². The minimum Gasteiger partial charge on any atom is -0.432 e. The number of halogens is 2. The topological polar surface area (TPSA) is 74.2 Å². The summed E-state index contributed by atoms with van der Waals surface area (Å²) in [5.74, 6) is -1.25. The lowest BCUT2D eigenvalue weighted by molar-refractivity contribution is -0.184. The Balaban J connectivity index is 2.30. The third kappa shape index (κ3) is 3.17. The number of carbonyl (C=O) groups is 1. The Labute approximate surface area is 112 Å². The fraction of sp³-hybridized carbons (Fsp3) is 0.333. The number of para-hydroxylation sites is 1. The Hall–Kier alpha value is -2.31. The largest absolute Gasteiger partial charge is 0.432 e. The molecule has 8 heteroatoms. The molecule has 0 amide bonds. The van der Waals surface area contributed by atoms with E-state index in [0.717, 1.165) is 6.07 Å². The number of ether oxygens (including phenoxy) is 3. The minimum absolute atomic E-state index is 0.179. The van der Waals surface area contributed by atoms with Crippen LogP contribution >= 0.6 is 0 Å². The van der Waals surface area contributed by atoms with Crippen molar-refractivity contribution in [2.45, 2.75) is 19.3 Å². The van der Waals surface area contributed by atoms with Crippen LogP contribution in [0.1, 0.15) is 16.8 Å². The number of carbonyl (C=O) groups excluding carboxylic acids is 2. The summed E-state index contributed by atoms with van der Waals surface area (Å²) in [4.78, 5) is 25.4. The Morgan fingerprint density at radius 1 is 1.50 bits per heavy atom. The summed E-state index contributed by atoms with van der Waals surface area (Å²) in [6.45, 7) is -2.64. The normalized spacial score (nSPS) is 17.1. The summed E-state index contributed by atoms with van der Waals surface area (Å²) < 4.78 is 38.5. The van der Waals surface area contributed by atoms with E-state index in [9.17, 15) is 18.4 Å². The van der Waals surface area contributed by atoms with Gasteiger partial charge in [0.15, 0.2) is 5.75 Å². The van der Waals surface area contributed by atoms with Crippen LogP contribution in [0.4, 0.5) is 14.5 Å². The number of hydrogen-bond acceptors (Lipinski definition) is 6. The molecule has 0 aliphatic carbocycles. The molecule has 0 bridgehead atoms. The average molecular weight is 285 g/mol. The van der Waals surface area contributed by atoms with Gasteiger partial charge in [-0.15, -0.1) is 0 Å². The smallest absolute Gasteiger partial charge is 0.387 e. The molecule has 2 rings (SSSR count). The van der Waals surface area contributed by atoms with Crippen molar-refractivity contribution < 1.29 is 32.6 Å². The zero-order valence-corrected chi connectivity index (χ0v) is 10.0. The molecule has 0 spiro atoms. The molecule has 0 N–H and O–H groups in total. The minimum atomic E-state index is -3.11. The van der Waals surface area contributed by atoms with E-state index in [4.69, 9.17) is 9.47 Å². The van der Waals surface area contributed by atoms with Gasteiger partial charge in [-0.2, -0.15) is 13.8 Å². The first kappa shape index (κ1) is 14.1. The third-order valence-electron chi connectivity index (χ3n) is 2.49. The van der Waals surface area contributed by atoms with Gasteiger partial charge in [0.05, 0.1) is 12.2 Å². The lowest BCUT2D eigenvalue weighted by Gasteiger charge is -2.25. The van der Waals surface area contributed by atoms with Crippen LogP contribution in [0.15, 0.2) is 23.2 Å². The SMILES string of the molecule is O=C=Nc1c(OC(F)F)cccc1C(=O)OC1CCO1. The summed E-state index contributed by atoms with van der Waals surface area (Å²) in [6, 6.07) is 3.73. The molecule has 0 saturated carbocycles. The van der Waals surface area contributed by atoms with Gasteiger partial charge in [0, 0.05) is 6.42 Å². The number of esters is 1. The van der Waals surface area contributed by atoms with Crippen molar-refractivity contribution in [1.82, 2.24) is 0 Å². The van der Waals surface area contributed by atoms with Gasteiger partial charge in [0.25, 0.3) is 0 Å². The van der Waals surface area contributed by atoms with Crippen molar-refractivity contribution in [3.05, 3.63) is 23.8 Å². The molecule has 1 heterocycles. The van der Waals surface area contributed by atoms with Gasteiger partial charge < -0.3 is 14.2 Å². The zero-order chi connectivity index (χ0) is 14.5. The van der Waals surface area contributed by atoms with Crippen LogP contribution in [0.25, 0.3) is 0 Å². The van der Waals surface area contributed by atoms with Crippen LogP contribution in [0.5, 0.6) is 5.75 Å². The van der Waals surface area contributed by atoms with Crippen molar-refractivity contribution in [3.63, 3.8) is 0 Å². The second-order valence-corrected chi connectivity index (χ2v) is 3.73. The van der Waals surface area contributed by atoms with Crippen molar-refractivity contribution in [3.8, 4) is 5.75 Å². The van der Waals surface area contributed by atoms with Gasteiger partial charge in [-0.3, -0.25) is 0 Å².